The van der Waals surface area contributed by atoms with E-state index in [1.165, 1.54) is 13.2 Å². The van der Waals surface area contributed by atoms with Gasteiger partial charge < -0.3 is 18.5 Å². The van der Waals surface area contributed by atoms with Gasteiger partial charge in [-0.2, -0.15) is 13.9 Å². The molecule has 3 rings (SSSR count). The van der Waals surface area contributed by atoms with Crippen molar-refractivity contribution in [3.8, 4) is 11.5 Å². The molecule has 1 aliphatic rings. The van der Waals surface area contributed by atoms with Crippen molar-refractivity contribution in [3.05, 3.63) is 83.6 Å². The van der Waals surface area contributed by atoms with E-state index in [2.05, 4.69) is 16.4 Å². The fourth-order valence-electron chi connectivity index (χ4n) is 3.55. The summed E-state index contributed by atoms with van der Waals surface area (Å²) in [6.45, 7) is 5.60. The summed E-state index contributed by atoms with van der Waals surface area (Å²) in [6, 6.07) is 12.3. The summed E-state index contributed by atoms with van der Waals surface area (Å²) in [4.78, 5) is 0. The highest BCUT2D eigenvalue weighted by atomic mass is 31.2. The Bertz CT molecular complexity index is 1140. The van der Waals surface area contributed by atoms with E-state index < -0.39 is 14.2 Å². The third-order valence-electron chi connectivity index (χ3n) is 5.02. The van der Waals surface area contributed by atoms with Crippen LogP contribution < -0.4 is 9.47 Å². The molecule has 0 fully saturated rings. The van der Waals surface area contributed by atoms with Crippen LogP contribution in [-0.4, -0.2) is 37.7 Å². The van der Waals surface area contributed by atoms with Gasteiger partial charge in [-0.05, 0) is 55.3 Å². The number of hydrogen-bond donors (Lipinski definition) is 0. The Morgan fingerprint density at radius 3 is 2.40 bits per heavy atom. The molecule has 1 heterocycles. The second-order valence-corrected chi connectivity index (χ2v) is 9.59. The third-order valence-corrected chi connectivity index (χ3v) is 7.08. The van der Waals surface area contributed by atoms with Gasteiger partial charge in [-0.25, -0.2) is 0 Å². The Morgan fingerprint density at radius 2 is 1.74 bits per heavy atom. The summed E-state index contributed by atoms with van der Waals surface area (Å²) >= 11 is 0. The summed E-state index contributed by atoms with van der Waals surface area (Å²) in [6.07, 6.45) is 3.71. The Hall–Kier alpha value is -3.00. The van der Waals surface area contributed by atoms with Crippen LogP contribution in [0.1, 0.15) is 30.5 Å². The molecule has 0 aliphatic carbocycles. The van der Waals surface area contributed by atoms with Crippen LogP contribution in [0, 0.1) is 0 Å². The zero-order valence-electron chi connectivity index (χ0n) is 19.9. The molecule has 0 saturated carbocycles. The van der Waals surface area contributed by atoms with Crippen LogP contribution >= 0.6 is 7.60 Å². The first-order valence-electron chi connectivity index (χ1n) is 11.1. The number of ether oxygens (including phenoxy) is 2. The molecular weight excluding hydrogens is 477 g/mol. The van der Waals surface area contributed by atoms with Gasteiger partial charge in [-0.3, -0.25) is 9.57 Å². The number of allylic oxidation sites excluding steroid dienone is 2. The SMILES string of the molecule is C=C1C=CC(c2ccc(OC)c(OC(F)F)c2)=NN1Cc1cccc(CP(=O)(OCC)OCC)c1. The van der Waals surface area contributed by atoms with E-state index in [1.54, 1.807) is 43.1 Å². The number of methoxy groups -OCH3 is 1. The van der Waals surface area contributed by atoms with Gasteiger partial charge in [0.05, 0.1) is 44.4 Å². The molecule has 0 atom stereocenters. The van der Waals surface area contributed by atoms with Crippen LogP contribution in [0.5, 0.6) is 11.5 Å². The van der Waals surface area contributed by atoms with E-state index >= 15 is 0 Å². The van der Waals surface area contributed by atoms with Crippen LogP contribution in [-0.2, 0) is 26.3 Å². The molecule has 2 aromatic carbocycles. The third kappa shape index (κ3) is 7.24. The van der Waals surface area contributed by atoms with E-state index in [9.17, 15) is 13.3 Å². The highest BCUT2D eigenvalue weighted by molar-refractivity contribution is 7.53. The average molecular weight is 506 g/mol. The molecule has 0 N–H and O–H groups in total. The van der Waals surface area contributed by atoms with Gasteiger partial charge in [0.2, 0.25) is 0 Å². The van der Waals surface area contributed by atoms with Crippen LogP contribution in [0.15, 0.2) is 72.0 Å². The van der Waals surface area contributed by atoms with Crippen molar-refractivity contribution < 1.29 is 31.9 Å². The normalized spacial score (nSPS) is 13.8. The largest absolute Gasteiger partial charge is 0.493 e. The van der Waals surface area contributed by atoms with Gasteiger partial charge >= 0.3 is 14.2 Å². The van der Waals surface area contributed by atoms with Gasteiger partial charge in [0.15, 0.2) is 11.5 Å². The first kappa shape index (κ1) is 26.6. The minimum absolute atomic E-state index is 0.0761. The van der Waals surface area contributed by atoms with Crippen molar-refractivity contribution in [2.24, 2.45) is 5.10 Å². The van der Waals surface area contributed by atoms with Gasteiger partial charge in [0.25, 0.3) is 0 Å². The molecule has 7 nitrogen and oxygen atoms in total. The summed E-state index contributed by atoms with van der Waals surface area (Å²) in [5, 5.41) is 6.35. The average Bonchev–Trinajstić information content (AvgIpc) is 2.80. The van der Waals surface area contributed by atoms with Crippen molar-refractivity contribution in [1.29, 1.82) is 0 Å². The highest BCUT2D eigenvalue weighted by Crippen LogP contribution is 2.51. The second-order valence-electron chi connectivity index (χ2n) is 7.54. The Kier molecular flexibility index (Phi) is 9.20. The van der Waals surface area contributed by atoms with Crippen LogP contribution in [0.2, 0.25) is 0 Å². The Balaban J connectivity index is 1.82. The molecule has 1 aliphatic heterocycles. The number of hydrazone groups is 1. The molecule has 188 valence electrons. The lowest BCUT2D eigenvalue weighted by molar-refractivity contribution is -0.0512. The smallest absolute Gasteiger partial charge is 0.387 e. The van der Waals surface area contributed by atoms with Crippen LogP contribution in [0.3, 0.4) is 0 Å². The van der Waals surface area contributed by atoms with Gasteiger partial charge in [-0.15, -0.1) is 0 Å². The summed E-state index contributed by atoms with van der Waals surface area (Å²) < 4.78 is 59.0. The van der Waals surface area contributed by atoms with Crippen molar-refractivity contribution >= 4 is 13.3 Å². The number of hydrogen-bond acceptors (Lipinski definition) is 7. The van der Waals surface area contributed by atoms with E-state index in [-0.39, 0.29) is 17.7 Å². The number of benzene rings is 2. The lowest BCUT2D eigenvalue weighted by Crippen LogP contribution is -2.21. The first-order chi connectivity index (χ1) is 16.8. The summed E-state index contributed by atoms with van der Waals surface area (Å²) in [5.74, 6) is 0.122. The molecule has 35 heavy (non-hydrogen) atoms. The first-order valence-corrected chi connectivity index (χ1v) is 12.8. The quantitative estimate of drug-likeness (QED) is 0.313. The van der Waals surface area contributed by atoms with Crippen molar-refractivity contribution in [2.45, 2.75) is 33.2 Å². The second kappa shape index (κ2) is 12.1. The summed E-state index contributed by atoms with van der Waals surface area (Å²) in [7, 11) is -1.85. The molecule has 0 amide bonds. The van der Waals surface area contributed by atoms with Gasteiger partial charge in [0, 0.05) is 5.56 Å². The fraction of sp³-hybridized carbons (Fsp3) is 0.320. The zero-order chi connectivity index (χ0) is 25.4. The lowest BCUT2D eigenvalue weighted by Gasteiger charge is -2.24. The standard InChI is InChI=1S/C25H29F2N2O5P/c1-5-32-35(30,33-6-2)17-20-9-7-8-19(14-20)16-29-18(3)10-12-22(28-29)21-11-13-23(31-4)24(15-21)34-25(26)27/h7-15,25H,3,5-6,16-17H2,1-2,4H3. The predicted octanol–water partition coefficient (Wildman–Crippen LogP) is 6.35. The lowest BCUT2D eigenvalue weighted by atomic mass is 10.1. The molecular formula is C25H29F2N2O5P. The van der Waals surface area contributed by atoms with Crippen molar-refractivity contribution in [1.82, 2.24) is 5.01 Å². The maximum Gasteiger partial charge on any atom is 0.387 e. The Morgan fingerprint density at radius 1 is 1.03 bits per heavy atom. The Labute approximate surface area is 204 Å². The maximum absolute atomic E-state index is 12.9. The molecule has 0 spiro atoms. The molecule has 0 unspecified atom stereocenters. The van der Waals surface area contributed by atoms with E-state index in [1.807, 2.05) is 24.3 Å². The predicted molar refractivity (Wildman–Crippen MR) is 131 cm³/mol. The topological polar surface area (TPSA) is 69.6 Å². The molecule has 0 radical (unpaired) electrons. The van der Waals surface area contributed by atoms with E-state index in [4.69, 9.17) is 13.8 Å². The number of alkyl halides is 2. The molecule has 0 bridgehead atoms. The molecule has 2 aromatic rings. The zero-order valence-corrected chi connectivity index (χ0v) is 20.8. The fourth-order valence-corrected chi connectivity index (χ4v) is 5.24. The van der Waals surface area contributed by atoms with Crippen LogP contribution in [0.4, 0.5) is 8.78 Å². The van der Waals surface area contributed by atoms with Gasteiger partial charge in [0.1, 0.15) is 0 Å². The minimum atomic E-state index is -3.23. The van der Waals surface area contributed by atoms with Crippen LogP contribution in [0.25, 0.3) is 0 Å². The van der Waals surface area contributed by atoms with Crippen molar-refractivity contribution in [2.75, 3.05) is 20.3 Å². The maximum atomic E-state index is 12.9. The van der Waals surface area contributed by atoms with E-state index in [0.29, 0.717) is 36.7 Å². The highest BCUT2D eigenvalue weighted by Gasteiger charge is 2.24. The number of nitrogens with zero attached hydrogens (tertiary/aromatic N) is 2. The van der Waals surface area contributed by atoms with E-state index in [0.717, 1.165) is 11.1 Å². The monoisotopic (exact) mass is 506 g/mol. The molecule has 0 aromatic heterocycles. The van der Waals surface area contributed by atoms with Gasteiger partial charge in [-0.1, -0.05) is 30.8 Å². The number of rotatable bonds is 12. The molecule has 10 heteroatoms. The number of halogens is 2. The molecule has 0 saturated heterocycles. The minimum Gasteiger partial charge on any atom is -0.493 e. The summed E-state index contributed by atoms with van der Waals surface area (Å²) in [5.41, 5.74) is 3.52. The van der Waals surface area contributed by atoms with Crippen molar-refractivity contribution in [3.63, 3.8) is 0 Å².